The van der Waals surface area contributed by atoms with Crippen molar-refractivity contribution in [2.45, 2.75) is 129 Å². The zero-order valence-electron chi connectivity index (χ0n) is 29.5. The predicted molar refractivity (Wildman–Crippen MR) is 188 cm³/mol. The van der Waals surface area contributed by atoms with Gasteiger partial charge >= 0.3 is 0 Å². The van der Waals surface area contributed by atoms with Gasteiger partial charge in [-0.05, 0) is 89.7 Å². The minimum absolute atomic E-state index is 0.0593. The summed E-state index contributed by atoms with van der Waals surface area (Å²) >= 11 is 13.0. The van der Waals surface area contributed by atoms with Crippen molar-refractivity contribution in [3.05, 3.63) is 68.7 Å². The molecule has 3 nitrogen and oxygen atoms in total. The number of hydrogen-bond acceptors (Lipinski definition) is 3. The van der Waals surface area contributed by atoms with Crippen LogP contribution in [0.2, 0.25) is 10.0 Å². The number of nitrogens with two attached hydrogens (primary N) is 1. The Bertz CT molecular complexity index is 1400. The normalized spacial score (nSPS) is 28.4. The highest BCUT2D eigenvalue weighted by Gasteiger charge is 2.54. The SMILES string of the molecule is CC(C)(C)CCc1ccc(C2(N)CCC(F)(F)CC2CO)cc1Cl.CC(C)(C)CCc1ccc(C23CCC(F)(F)CC2COC3)cc1Cl. The first-order chi connectivity index (χ1) is 22.1. The minimum Gasteiger partial charge on any atom is -0.396 e. The molecule has 4 atom stereocenters. The molecule has 2 aromatic rings. The molecule has 2 saturated carbocycles. The van der Waals surface area contributed by atoms with Gasteiger partial charge in [0.1, 0.15) is 0 Å². The minimum atomic E-state index is -2.76. The van der Waals surface area contributed by atoms with Gasteiger partial charge < -0.3 is 15.6 Å². The number of ether oxygens (including phenoxy) is 1. The van der Waals surface area contributed by atoms with Gasteiger partial charge in [0.05, 0.1) is 13.2 Å². The molecule has 270 valence electrons. The predicted octanol–water partition coefficient (Wildman–Crippen LogP) is 10.9. The molecule has 2 aliphatic carbocycles. The largest absolute Gasteiger partial charge is 0.396 e. The third-order valence-electron chi connectivity index (χ3n) is 10.8. The molecule has 0 bridgehead atoms. The van der Waals surface area contributed by atoms with Gasteiger partial charge in [0.15, 0.2) is 0 Å². The van der Waals surface area contributed by atoms with Gasteiger partial charge in [0.2, 0.25) is 11.8 Å². The second-order valence-corrected chi connectivity index (χ2v) is 18.0. The van der Waals surface area contributed by atoms with Gasteiger partial charge in [0, 0.05) is 59.2 Å². The average molecular weight is 717 g/mol. The van der Waals surface area contributed by atoms with Crippen LogP contribution in [-0.4, -0.2) is 36.8 Å². The van der Waals surface area contributed by atoms with Crippen LogP contribution in [0.1, 0.15) is 115 Å². The van der Waals surface area contributed by atoms with E-state index in [-0.39, 0.29) is 60.9 Å². The van der Waals surface area contributed by atoms with Crippen LogP contribution in [0.15, 0.2) is 36.4 Å². The van der Waals surface area contributed by atoms with Crippen molar-refractivity contribution in [2.24, 2.45) is 28.4 Å². The van der Waals surface area contributed by atoms with Gasteiger partial charge in [-0.2, -0.15) is 0 Å². The number of alkyl halides is 4. The molecule has 0 aromatic heterocycles. The summed E-state index contributed by atoms with van der Waals surface area (Å²) in [6.45, 7) is 13.8. The van der Waals surface area contributed by atoms with Crippen molar-refractivity contribution in [2.75, 3.05) is 19.8 Å². The molecule has 3 aliphatic rings. The van der Waals surface area contributed by atoms with Crippen LogP contribution in [-0.2, 0) is 28.5 Å². The standard InChI is InChI=1S/C20H27ClF2O.C19H28ClF2NO/c1-18(2,3)7-6-14-4-5-15(10-17(14)21)19-8-9-20(22,23)11-16(19)12-24-13-19;1-17(2,3)7-6-13-4-5-14(10-16(13)20)19(23)9-8-18(21,22)11-15(19)12-24/h4-5,10,16H,6-9,11-13H2,1-3H3;4-5,10,15,24H,6-9,11-12,23H2,1-3H3. The van der Waals surface area contributed by atoms with Crippen molar-refractivity contribution >= 4 is 23.2 Å². The monoisotopic (exact) mass is 715 g/mol. The van der Waals surface area contributed by atoms with E-state index in [0.29, 0.717) is 24.7 Å². The van der Waals surface area contributed by atoms with Crippen LogP contribution >= 0.6 is 23.2 Å². The van der Waals surface area contributed by atoms with Crippen molar-refractivity contribution in [1.82, 2.24) is 0 Å². The molecule has 48 heavy (non-hydrogen) atoms. The quantitative estimate of drug-likeness (QED) is 0.281. The number of fused-ring (bicyclic) bond motifs is 1. The number of rotatable bonds is 7. The number of halogens is 6. The molecule has 9 heteroatoms. The summed E-state index contributed by atoms with van der Waals surface area (Å²) < 4.78 is 60.6. The third-order valence-corrected chi connectivity index (χ3v) is 11.6. The Morgan fingerprint density at radius 3 is 1.79 bits per heavy atom. The summed E-state index contributed by atoms with van der Waals surface area (Å²) in [7, 11) is 0. The Morgan fingerprint density at radius 1 is 0.771 bits per heavy atom. The highest BCUT2D eigenvalue weighted by molar-refractivity contribution is 6.31. The topological polar surface area (TPSA) is 55.5 Å². The molecular weight excluding hydrogens is 661 g/mol. The summed E-state index contributed by atoms with van der Waals surface area (Å²) in [5.41, 5.74) is 9.70. The van der Waals surface area contributed by atoms with E-state index < -0.39 is 23.3 Å². The maximum atomic E-state index is 13.8. The first kappa shape index (κ1) is 39.4. The van der Waals surface area contributed by atoms with E-state index in [9.17, 15) is 22.7 Å². The zero-order valence-corrected chi connectivity index (χ0v) is 31.0. The van der Waals surface area contributed by atoms with E-state index in [4.69, 9.17) is 33.7 Å². The van der Waals surface area contributed by atoms with Crippen molar-refractivity contribution in [1.29, 1.82) is 0 Å². The molecule has 1 heterocycles. The molecule has 3 fully saturated rings. The first-order valence-electron chi connectivity index (χ1n) is 17.4. The molecule has 1 saturated heterocycles. The average Bonchev–Trinajstić information content (AvgIpc) is 3.39. The Morgan fingerprint density at radius 2 is 1.27 bits per heavy atom. The Balaban J connectivity index is 0.000000217. The van der Waals surface area contributed by atoms with E-state index in [0.717, 1.165) is 53.0 Å². The van der Waals surface area contributed by atoms with Gasteiger partial charge in [-0.1, -0.05) is 89.0 Å². The Hall–Kier alpha value is -1.38. The summed E-state index contributed by atoms with van der Waals surface area (Å²) in [4.78, 5) is 0. The molecule has 5 rings (SSSR count). The molecule has 4 unspecified atom stereocenters. The summed E-state index contributed by atoms with van der Waals surface area (Å²) in [5, 5.41) is 11.0. The fourth-order valence-electron chi connectivity index (χ4n) is 7.49. The second kappa shape index (κ2) is 14.7. The molecule has 0 spiro atoms. The lowest BCUT2D eigenvalue weighted by atomic mass is 9.63. The van der Waals surface area contributed by atoms with E-state index in [2.05, 4.69) is 53.7 Å². The number of hydrogen-bond donors (Lipinski definition) is 2. The van der Waals surface area contributed by atoms with E-state index in [1.54, 1.807) is 6.07 Å². The lowest BCUT2D eigenvalue weighted by molar-refractivity contribution is -0.0873. The van der Waals surface area contributed by atoms with E-state index in [1.165, 1.54) is 0 Å². The Labute approximate surface area is 295 Å². The van der Waals surface area contributed by atoms with Crippen LogP contribution in [0, 0.1) is 22.7 Å². The van der Waals surface area contributed by atoms with Crippen LogP contribution < -0.4 is 5.73 Å². The second-order valence-electron chi connectivity index (χ2n) is 17.1. The Kier molecular flexibility index (Phi) is 12.1. The van der Waals surface area contributed by atoms with Crippen molar-refractivity contribution in [3.63, 3.8) is 0 Å². The van der Waals surface area contributed by atoms with Crippen LogP contribution in [0.3, 0.4) is 0 Å². The molecule has 3 N–H and O–H groups in total. The van der Waals surface area contributed by atoms with E-state index in [1.807, 2.05) is 18.2 Å². The van der Waals surface area contributed by atoms with Gasteiger partial charge in [0.25, 0.3) is 0 Å². The molecule has 1 aliphatic heterocycles. The van der Waals surface area contributed by atoms with Crippen molar-refractivity contribution in [3.8, 4) is 0 Å². The first-order valence-corrected chi connectivity index (χ1v) is 18.1. The van der Waals surface area contributed by atoms with Crippen LogP contribution in [0.25, 0.3) is 0 Å². The number of aliphatic hydroxyl groups is 1. The third kappa shape index (κ3) is 9.69. The fourth-order valence-corrected chi connectivity index (χ4v) is 8.04. The van der Waals surface area contributed by atoms with Crippen molar-refractivity contribution < 1.29 is 27.4 Å². The summed E-state index contributed by atoms with van der Waals surface area (Å²) in [6.07, 6.45) is 3.71. The molecule has 0 amide bonds. The molecular formula is C39H55Cl2F4NO2. The maximum Gasteiger partial charge on any atom is 0.248 e. The fraction of sp³-hybridized carbons (Fsp3) is 0.692. The smallest absolute Gasteiger partial charge is 0.248 e. The number of benzene rings is 2. The highest BCUT2D eigenvalue weighted by atomic mass is 35.5. The zero-order chi connectivity index (χ0) is 35.8. The van der Waals surface area contributed by atoms with Gasteiger partial charge in [-0.15, -0.1) is 0 Å². The molecule has 0 radical (unpaired) electrons. The molecule has 2 aromatic carbocycles. The lowest BCUT2D eigenvalue weighted by Crippen LogP contribution is -2.52. The summed E-state index contributed by atoms with van der Waals surface area (Å²) in [6, 6.07) is 11.8. The maximum absolute atomic E-state index is 13.8. The number of aryl methyl sites for hydroxylation is 2. The van der Waals surface area contributed by atoms with Gasteiger partial charge in [-0.25, -0.2) is 17.6 Å². The van der Waals surface area contributed by atoms with Crippen LogP contribution in [0.4, 0.5) is 17.6 Å². The lowest BCUT2D eigenvalue weighted by Gasteiger charge is -2.44. The van der Waals surface area contributed by atoms with Gasteiger partial charge in [-0.3, -0.25) is 0 Å². The van der Waals surface area contributed by atoms with E-state index >= 15 is 0 Å². The number of aliphatic hydroxyl groups excluding tert-OH is 1. The summed E-state index contributed by atoms with van der Waals surface area (Å²) in [5.74, 6) is -6.10. The highest BCUT2D eigenvalue weighted by Crippen LogP contribution is 2.53. The van der Waals surface area contributed by atoms with Crippen LogP contribution in [0.5, 0.6) is 0 Å².